The number of hydrogen-bond acceptors (Lipinski definition) is 4. The zero-order valence-corrected chi connectivity index (χ0v) is 15.8. The second-order valence-corrected chi connectivity index (χ2v) is 6.92. The van der Waals surface area contributed by atoms with E-state index in [0.717, 1.165) is 18.5 Å². The van der Waals surface area contributed by atoms with Gasteiger partial charge in [0.2, 0.25) is 0 Å². The number of aryl methyl sites for hydroxylation is 1. The van der Waals surface area contributed by atoms with E-state index in [1.165, 1.54) is 5.56 Å². The van der Waals surface area contributed by atoms with E-state index in [4.69, 9.17) is 16.3 Å². The number of hydrogen-bond donors (Lipinski definition) is 2. The molecule has 0 bridgehead atoms. The lowest BCUT2D eigenvalue weighted by Crippen LogP contribution is -2.50. The van der Waals surface area contributed by atoms with Crippen LogP contribution in [0.2, 0.25) is 5.02 Å². The molecule has 0 saturated heterocycles. The van der Waals surface area contributed by atoms with Gasteiger partial charge >= 0.3 is 0 Å². The number of halogens is 1. The molecule has 0 fully saturated rings. The largest absolute Gasteiger partial charge is 0.484 e. The number of hydrazine groups is 1. The third kappa shape index (κ3) is 5.14. The van der Waals surface area contributed by atoms with Crippen LogP contribution in [0.25, 0.3) is 0 Å². The Morgan fingerprint density at radius 2 is 1.81 bits per heavy atom. The quantitative estimate of drug-likeness (QED) is 0.774. The highest BCUT2D eigenvalue weighted by molar-refractivity contribution is 6.30. The number of fused-ring (bicyclic) bond motifs is 1. The van der Waals surface area contributed by atoms with Gasteiger partial charge in [-0.1, -0.05) is 29.8 Å². The maximum Gasteiger partial charge on any atom is 0.276 e. The van der Waals surface area contributed by atoms with Crippen molar-refractivity contribution in [1.82, 2.24) is 10.9 Å². The van der Waals surface area contributed by atoms with Gasteiger partial charge in [-0.2, -0.15) is 0 Å². The Labute approximate surface area is 163 Å². The van der Waals surface area contributed by atoms with Gasteiger partial charge in [0.15, 0.2) is 6.61 Å². The Bertz CT molecular complexity index is 810. The van der Waals surface area contributed by atoms with Gasteiger partial charge in [0, 0.05) is 16.8 Å². The predicted molar refractivity (Wildman–Crippen MR) is 105 cm³/mol. The van der Waals surface area contributed by atoms with Gasteiger partial charge in [0.25, 0.3) is 11.8 Å². The topological polar surface area (TPSA) is 70.7 Å². The van der Waals surface area contributed by atoms with Crippen LogP contribution in [0.15, 0.2) is 48.5 Å². The highest BCUT2D eigenvalue weighted by Gasteiger charge is 2.24. The standard InChI is InChI=1S/C20H22ClN3O3/c1-14-6-7-15-4-2-3-5-18(15)24(14)12-19(25)22-23-20(26)13-27-17-10-8-16(21)9-11-17/h2-5,8-11,14H,6-7,12-13H2,1H3,(H,22,25)(H,23,26)/t14-/m0/s1. The molecule has 0 radical (unpaired) electrons. The third-order valence-corrected chi connectivity index (χ3v) is 4.76. The number of carbonyl (C=O) groups excluding carboxylic acids is 2. The first-order valence-corrected chi connectivity index (χ1v) is 9.21. The fourth-order valence-electron chi connectivity index (χ4n) is 3.05. The van der Waals surface area contributed by atoms with Gasteiger partial charge in [-0.05, 0) is 55.7 Å². The fourth-order valence-corrected chi connectivity index (χ4v) is 3.18. The minimum atomic E-state index is -0.439. The fraction of sp³-hybridized carbons (Fsp3) is 0.300. The summed E-state index contributed by atoms with van der Waals surface area (Å²) in [6, 6.07) is 15.0. The SMILES string of the molecule is C[C@H]1CCc2ccccc2N1CC(=O)NNC(=O)COc1ccc(Cl)cc1. The molecule has 1 heterocycles. The maximum absolute atomic E-state index is 12.3. The summed E-state index contributed by atoms with van der Waals surface area (Å²) in [5.41, 5.74) is 7.13. The Kier molecular flexibility index (Phi) is 6.19. The van der Waals surface area contributed by atoms with E-state index in [0.29, 0.717) is 10.8 Å². The molecule has 0 unspecified atom stereocenters. The summed E-state index contributed by atoms with van der Waals surface area (Å²) in [4.78, 5) is 26.2. The first-order valence-electron chi connectivity index (χ1n) is 8.83. The molecule has 2 aromatic rings. The third-order valence-electron chi connectivity index (χ3n) is 4.50. The highest BCUT2D eigenvalue weighted by Crippen LogP contribution is 2.29. The van der Waals surface area contributed by atoms with Gasteiger partial charge < -0.3 is 9.64 Å². The average Bonchev–Trinajstić information content (AvgIpc) is 2.68. The van der Waals surface area contributed by atoms with Gasteiger partial charge in [0.05, 0.1) is 6.54 Å². The summed E-state index contributed by atoms with van der Waals surface area (Å²) in [6.07, 6.45) is 2.00. The number of para-hydroxylation sites is 1. The van der Waals surface area contributed by atoms with Crippen molar-refractivity contribution in [1.29, 1.82) is 0 Å². The van der Waals surface area contributed by atoms with E-state index in [-0.39, 0.29) is 25.1 Å². The lowest BCUT2D eigenvalue weighted by molar-refractivity contribution is -0.129. The number of benzene rings is 2. The molecular formula is C20H22ClN3O3. The summed E-state index contributed by atoms with van der Waals surface area (Å²) < 4.78 is 5.34. The Morgan fingerprint density at radius 3 is 2.59 bits per heavy atom. The molecule has 6 nitrogen and oxygen atoms in total. The van der Waals surface area contributed by atoms with Gasteiger partial charge in [-0.25, -0.2) is 0 Å². The number of ether oxygens (including phenoxy) is 1. The number of nitrogens with one attached hydrogen (secondary N) is 2. The molecule has 3 rings (SSSR count). The van der Waals surface area contributed by atoms with Crippen LogP contribution in [0.5, 0.6) is 5.75 Å². The summed E-state index contributed by atoms with van der Waals surface area (Å²) in [5.74, 6) is -0.191. The Hall–Kier alpha value is -2.73. The molecule has 0 saturated carbocycles. The van der Waals surface area contributed by atoms with Crippen molar-refractivity contribution in [3.05, 3.63) is 59.1 Å². The van der Waals surface area contributed by atoms with Crippen molar-refractivity contribution in [2.75, 3.05) is 18.1 Å². The molecule has 27 heavy (non-hydrogen) atoms. The van der Waals surface area contributed by atoms with Gasteiger partial charge in [-0.3, -0.25) is 20.4 Å². The molecular weight excluding hydrogens is 366 g/mol. The monoisotopic (exact) mass is 387 g/mol. The number of amides is 2. The lowest BCUT2D eigenvalue weighted by Gasteiger charge is -2.36. The second-order valence-electron chi connectivity index (χ2n) is 6.48. The molecule has 2 aromatic carbocycles. The summed E-state index contributed by atoms with van der Waals surface area (Å²) >= 11 is 5.79. The number of carbonyl (C=O) groups is 2. The van der Waals surface area contributed by atoms with Crippen molar-refractivity contribution in [3.63, 3.8) is 0 Å². The first kappa shape index (κ1) is 19.0. The molecule has 0 aliphatic carbocycles. The average molecular weight is 388 g/mol. The van der Waals surface area contributed by atoms with Crippen LogP contribution in [-0.2, 0) is 16.0 Å². The normalized spacial score (nSPS) is 15.6. The number of rotatable bonds is 5. The summed E-state index contributed by atoms with van der Waals surface area (Å²) in [7, 11) is 0. The summed E-state index contributed by atoms with van der Waals surface area (Å²) in [6.45, 7) is 2.07. The van der Waals surface area contributed by atoms with Gasteiger partial charge in [-0.15, -0.1) is 0 Å². The lowest BCUT2D eigenvalue weighted by atomic mass is 9.97. The van der Waals surface area contributed by atoms with E-state index in [1.54, 1.807) is 24.3 Å². The van der Waals surface area contributed by atoms with Crippen LogP contribution < -0.4 is 20.5 Å². The molecule has 1 atom stereocenters. The van der Waals surface area contributed by atoms with Crippen LogP contribution in [0.1, 0.15) is 18.9 Å². The highest BCUT2D eigenvalue weighted by atomic mass is 35.5. The molecule has 2 N–H and O–H groups in total. The minimum absolute atomic E-state index is 0.177. The smallest absolute Gasteiger partial charge is 0.276 e. The van der Waals surface area contributed by atoms with Crippen molar-refractivity contribution in [2.24, 2.45) is 0 Å². The van der Waals surface area contributed by atoms with Crippen molar-refractivity contribution >= 4 is 29.1 Å². The van der Waals surface area contributed by atoms with E-state index < -0.39 is 5.91 Å². The van der Waals surface area contributed by atoms with Crippen LogP contribution in [0.4, 0.5) is 5.69 Å². The van der Waals surface area contributed by atoms with Crippen molar-refractivity contribution in [3.8, 4) is 5.75 Å². The van der Waals surface area contributed by atoms with E-state index in [9.17, 15) is 9.59 Å². The van der Waals surface area contributed by atoms with Crippen LogP contribution in [0, 0.1) is 0 Å². The Balaban J connectivity index is 1.47. The zero-order chi connectivity index (χ0) is 19.2. The van der Waals surface area contributed by atoms with Crippen molar-refractivity contribution < 1.29 is 14.3 Å². The predicted octanol–water partition coefficient (Wildman–Crippen LogP) is 2.71. The van der Waals surface area contributed by atoms with Crippen LogP contribution >= 0.6 is 11.6 Å². The van der Waals surface area contributed by atoms with E-state index >= 15 is 0 Å². The molecule has 2 amide bonds. The van der Waals surface area contributed by atoms with E-state index in [1.807, 2.05) is 18.2 Å². The first-order chi connectivity index (χ1) is 13.0. The van der Waals surface area contributed by atoms with Crippen LogP contribution in [0.3, 0.4) is 0 Å². The minimum Gasteiger partial charge on any atom is -0.484 e. The molecule has 1 aliphatic rings. The van der Waals surface area contributed by atoms with Crippen LogP contribution in [-0.4, -0.2) is 31.0 Å². The summed E-state index contributed by atoms with van der Waals surface area (Å²) in [5, 5.41) is 0.590. The number of anilines is 1. The molecule has 0 aromatic heterocycles. The second kappa shape index (κ2) is 8.77. The molecule has 7 heteroatoms. The number of nitrogens with zero attached hydrogens (tertiary/aromatic N) is 1. The molecule has 1 aliphatic heterocycles. The Morgan fingerprint density at radius 1 is 1.11 bits per heavy atom. The zero-order valence-electron chi connectivity index (χ0n) is 15.1. The maximum atomic E-state index is 12.3. The molecule has 142 valence electrons. The van der Waals surface area contributed by atoms with Gasteiger partial charge in [0.1, 0.15) is 5.75 Å². The van der Waals surface area contributed by atoms with Crippen molar-refractivity contribution in [2.45, 2.75) is 25.8 Å². The molecule has 0 spiro atoms. The van der Waals surface area contributed by atoms with E-state index in [2.05, 4.69) is 28.7 Å².